The van der Waals surface area contributed by atoms with Gasteiger partial charge in [0.05, 0.1) is 7.11 Å². The third-order valence-corrected chi connectivity index (χ3v) is 4.71. The second-order valence-electron chi connectivity index (χ2n) is 4.03. The van der Waals surface area contributed by atoms with E-state index in [4.69, 9.17) is 16.3 Å². The van der Waals surface area contributed by atoms with E-state index in [2.05, 4.69) is 28.7 Å². The SMILES string of the molecule is COc1c(Cl)ncnc1N1CCSC(C)C1C. The molecule has 1 aromatic rings. The minimum atomic E-state index is 0.371. The Morgan fingerprint density at radius 3 is 2.94 bits per heavy atom. The van der Waals surface area contributed by atoms with Crippen molar-refractivity contribution in [2.45, 2.75) is 25.1 Å². The van der Waals surface area contributed by atoms with Gasteiger partial charge in [-0.05, 0) is 6.92 Å². The second kappa shape index (κ2) is 5.31. The summed E-state index contributed by atoms with van der Waals surface area (Å²) in [6, 6.07) is 0.411. The van der Waals surface area contributed by atoms with Gasteiger partial charge in [0, 0.05) is 23.6 Å². The molecule has 1 saturated heterocycles. The Morgan fingerprint density at radius 2 is 2.24 bits per heavy atom. The number of hydrogen-bond donors (Lipinski definition) is 0. The van der Waals surface area contributed by atoms with E-state index < -0.39 is 0 Å². The van der Waals surface area contributed by atoms with Crippen LogP contribution in [-0.2, 0) is 0 Å². The number of methoxy groups -OCH3 is 1. The summed E-state index contributed by atoms with van der Waals surface area (Å²) in [6.45, 7) is 5.39. The number of rotatable bonds is 2. The molecule has 0 aliphatic carbocycles. The third kappa shape index (κ3) is 2.45. The molecule has 1 aliphatic heterocycles. The van der Waals surface area contributed by atoms with E-state index in [1.54, 1.807) is 7.11 Å². The molecule has 6 heteroatoms. The predicted octanol–water partition coefficient (Wildman–Crippen LogP) is 2.47. The molecule has 0 N–H and O–H groups in total. The number of ether oxygens (including phenoxy) is 1. The van der Waals surface area contributed by atoms with Crippen LogP contribution in [0.1, 0.15) is 13.8 Å². The van der Waals surface area contributed by atoms with Crippen molar-refractivity contribution in [1.29, 1.82) is 0 Å². The molecular formula is C11H16ClN3OS. The molecule has 1 aliphatic rings. The maximum Gasteiger partial charge on any atom is 0.199 e. The fourth-order valence-corrected chi connectivity index (χ4v) is 3.26. The Balaban J connectivity index is 2.35. The van der Waals surface area contributed by atoms with E-state index >= 15 is 0 Å². The molecule has 0 bridgehead atoms. The fraction of sp³-hybridized carbons (Fsp3) is 0.636. The van der Waals surface area contributed by atoms with Gasteiger partial charge in [0.25, 0.3) is 0 Å². The Kier molecular flexibility index (Phi) is 3.99. The lowest BCUT2D eigenvalue weighted by atomic mass is 10.2. The van der Waals surface area contributed by atoms with Crippen LogP contribution < -0.4 is 9.64 Å². The highest BCUT2D eigenvalue weighted by atomic mass is 35.5. The molecule has 0 aromatic carbocycles. The van der Waals surface area contributed by atoms with Crippen molar-refractivity contribution in [3.8, 4) is 5.75 Å². The molecule has 2 rings (SSSR count). The molecule has 4 nitrogen and oxygen atoms in total. The minimum absolute atomic E-state index is 0.371. The monoisotopic (exact) mass is 273 g/mol. The number of aromatic nitrogens is 2. The normalized spacial score (nSPS) is 24.8. The van der Waals surface area contributed by atoms with Gasteiger partial charge in [0.2, 0.25) is 0 Å². The second-order valence-corrected chi connectivity index (χ2v) is 5.87. The van der Waals surface area contributed by atoms with Gasteiger partial charge < -0.3 is 9.64 Å². The van der Waals surface area contributed by atoms with Crippen LogP contribution in [0.25, 0.3) is 0 Å². The van der Waals surface area contributed by atoms with Gasteiger partial charge in [0.1, 0.15) is 6.33 Å². The molecule has 1 aromatic heterocycles. The van der Waals surface area contributed by atoms with E-state index in [0.717, 1.165) is 18.1 Å². The first-order chi connectivity index (χ1) is 8.15. The van der Waals surface area contributed by atoms with Crippen LogP contribution in [-0.4, -0.2) is 40.7 Å². The van der Waals surface area contributed by atoms with Gasteiger partial charge in [-0.25, -0.2) is 9.97 Å². The summed E-state index contributed by atoms with van der Waals surface area (Å²) in [7, 11) is 1.60. The molecule has 0 saturated carbocycles. The zero-order valence-corrected chi connectivity index (χ0v) is 11.8. The minimum Gasteiger partial charge on any atom is -0.490 e. The zero-order chi connectivity index (χ0) is 12.4. The summed E-state index contributed by atoms with van der Waals surface area (Å²) < 4.78 is 5.31. The maximum absolute atomic E-state index is 6.02. The Labute approximate surface area is 111 Å². The molecular weight excluding hydrogens is 258 g/mol. The highest BCUT2D eigenvalue weighted by Gasteiger charge is 2.29. The van der Waals surface area contributed by atoms with Crippen molar-refractivity contribution >= 4 is 29.2 Å². The van der Waals surface area contributed by atoms with Crippen LogP contribution in [0.3, 0.4) is 0 Å². The van der Waals surface area contributed by atoms with Crippen molar-refractivity contribution in [2.24, 2.45) is 0 Å². The number of halogens is 1. The van der Waals surface area contributed by atoms with Crippen LogP contribution in [0.5, 0.6) is 5.75 Å². The first kappa shape index (κ1) is 12.8. The third-order valence-electron chi connectivity index (χ3n) is 3.10. The number of nitrogens with zero attached hydrogens (tertiary/aromatic N) is 3. The first-order valence-corrected chi connectivity index (χ1v) is 7.00. The van der Waals surface area contributed by atoms with E-state index in [1.807, 2.05) is 11.8 Å². The van der Waals surface area contributed by atoms with Crippen molar-refractivity contribution in [3.63, 3.8) is 0 Å². The standard InChI is InChI=1S/C11H16ClN3OS/c1-7-8(2)17-5-4-15(7)11-9(16-3)10(12)13-6-14-11/h6-8H,4-5H2,1-3H3. The molecule has 0 spiro atoms. The van der Waals surface area contributed by atoms with E-state index in [1.165, 1.54) is 6.33 Å². The van der Waals surface area contributed by atoms with Crippen LogP contribution >= 0.6 is 23.4 Å². The lowest BCUT2D eigenvalue weighted by Crippen LogP contribution is -2.45. The average molecular weight is 274 g/mol. The lowest BCUT2D eigenvalue weighted by Gasteiger charge is -2.38. The van der Waals surface area contributed by atoms with Gasteiger partial charge >= 0.3 is 0 Å². The Morgan fingerprint density at radius 1 is 1.47 bits per heavy atom. The van der Waals surface area contributed by atoms with Crippen molar-refractivity contribution in [2.75, 3.05) is 24.3 Å². The molecule has 0 radical (unpaired) electrons. The van der Waals surface area contributed by atoms with E-state index in [9.17, 15) is 0 Å². The summed E-state index contributed by atoms with van der Waals surface area (Å²) in [4.78, 5) is 10.5. The predicted molar refractivity (Wildman–Crippen MR) is 72.3 cm³/mol. The smallest absolute Gasteiger partial charge is 0.199 e. The Hall–Kier alpha value is -0.680. The lowest BCUT2D eigenvalue weighted by molar-refractivity contribution is 0.408. The van der Waals surface area contributed by atoms with Crippen molar-refractivity contribution in [1.82, 2.24) is 9.97 Å². The quantitative estimate of drug-likeness (QED) is 0.774. The van der Waals surface area contributed by atoms with Crippen LogP contribution in [0.4, 0.5) is 5.82 Å². The number of hydrogen-bond acceptors (Lipinski definition) is 5. The average Bonchev–Trinajstić information content (AvgIpc) is 2.32. The summed E-state index contributed by atoms with van der Waals surface area (Å²) in [5.41, 5.74) is 0. The molecule has 94 valence electrons. The molecule has 2 atom stereocenters. The van der Waals surface area contributed by atoms with Crippen molar-refractivity contribution in [3.05, 3.63) is 11.5 Å². The number of thioether (sulfide) groups is 1. The summed E-state index contributed by atoms with van der Waals surface area (Å²) in [5, 5.41) is 0.942. The van der Waals surface area contributed by atoms with Gasteiger partial charge in [-0.2, -0.15) is 11.8 Å². The molecule has 0 amide bonds. The van der Waals surface area contributed by atoms with Gasteiger partial charge in [-0.3, -0.25) is 0 Å². The number of anilines is 1. The Bertz CT molecular complexity index is 404. The molecule has 17 heavy (non-hydrogen) atoms. The van der Waals surface area contributed by atoms with Crippen molar-refractivity contribution < 1.29 is 4.74 Å². The zero-order valence-electron chi connectivity index (χ0n) is 10.2. The van der Waals surface area contributed by atoms with E-state index in [-0.39, 0.29) is 0 Å². The topological polar surface area (TPSA) is 38.3 Å². The summed E-state index contributed by atoms with van der Waals surface area (Å²) >= 11 is 8.01. The van der Waals surface area contributed by atoms with Crippen LogP contribution in [0.15, 0.2) is 6.33 Å². The molecule has 2 unspecified atom stereocenters. The van der Waals surface area contributed by atoms with Gasteiger partial charge in [-0.1, -0.05) is 18.5 Å². The first-order valence-electron chi connectivity index (χ1n) is 5.58. The molecule has 1 fully saturated rings. The summed E-state index contributed by atoms with van der Waals surface area (Å²) in [5.74, 6) is 2.46. The highest BCUT2D eigenvalue weighted by molar-refractivity contribution is 8.00. The highest BCUT2D eigenvalue weighted by Crippen LogP contribution is 2.36. The maximum atomic E-state index is 6.02. The van der Waals surface area contributed by atoms with Crippen LogP contribution in [0.2, 0.25) is 5.15 Å². The molecule has 2 heterocycles. The van der Waals surface area contributed by atoms with E-state index in [0.29, 0.717) is 22.2 Å². The largest absolute Gasteiger partial charge is 0.490 e. The van der Waals surface area contributed by atoms with Crippen LogP contribution in [0, 0.1) is 0 Å². The van der Waals surface area contributed by atoms with Gasteiger partial charge in [0.15, 0.2) is 16.7 Å². The fourth-order valence-electron chi connectivity index (χ4n) is 1.96. The van der Waals surface area contributed by atoms with Gasteiger partial charge in [-0.15, -0.1) is 0 Å². The summed E-state index contributed by atoms with van der Waals surface area (Å²) in [6.07, 6.45) is 1.49.